The molecule has 0 spiro atoms. The van der Waals surface area contributed by atoms with E-state index in [1.54, 1.807) is 19.1 Å². The van der Waals surface area contributed by atoms with Crippen molar-refractivity contribution in [1.82, 2.24) is 0 Å². The van der Waals surface area contributed by atoms with E-state index < -0.39 is 6.10 Å². The van der Waals surface area contributed by atoms with Crippen LogP contribution in [0, 0.1) is 12.7 Å². The molecule has 0 saturated carbocycles. The highest BCUT2D eigenvalue weighted by Gasteiger charge is 2.25. The van der Waals surface area contributed by atoms with Gasteiger partial charge in [0.25, 0.3) is 0 Å². The Morgan fingerprint density at radius 3 is 2.93 bits per heavy atom. The number of aliphatic hydroxyl groups is 1. The molecule has 1 nitrogen and oxygen atoms in total. The second-order valence-electron chi connectivity index (χ2n) is 4.00. The smallest absolute Gasteiger partial charge is 0.126 e. The van der Waals surface area contributed by atoms with Gasteiger partial charge in [-0.05, 0) is 42.7 Å². The molecule has 15 heavy (non-hydrogen) atoms. The maximum atomic E-state index is 13.1. The van der Waals surface area contributed by atoms with Gasteiger partial charge in [-0.3, -0.25) is 0 Å². The monoisotopic (exact) mass is 226 g/mol. The lowest BCUT2D eigenvalue weighted by Crippen LogP contribution is -2.12. The van der Waals surface area contributed by atoms with Crippen LogP contribution in [0.4, 0.5) is 4.39 Å². The van der Waals surface area contributed by atoms with E-state index in [-0.39, 0.29) is 11.1 Å². The number of benzene rings is 1. The molecule has 0 aromatic heterocycles. The fraction of sp³-hybridized carbons (Fsp3) is 0.500. The van der Waals surface area contributed by atoms with E-state index >= 15 is 0 Å². The SMILES string of the molecule is Cc1cc(C(O)C2CCCS2)ccc1F. The summed E-state index contributed by atoms with van der Waals surface area (Å²) in [5, 5.41) is 10.4. The summed E-state index contributed by atoms with van der Waals surface area (Å²) >= 11 is 1.81. The summed E-state index contributed by atoms with van der Waals surface area (Å²) in [6.45, 7) is 1.73. The van der Waals surface area contributed by atoms with Crippen molar-refractivity contribution in [3.63, 3.8) is 0 Å². The van der Waals surface area contributed by atoms with E-state index in [1.165, 1.54) is 12.5 Å². The molecule has 1 aliphatic heterocycles. The lowest BCUT2D eigenvalue weighted by Gasteiger charge is -2.17. The second-order valence-corrected chi connectivity index (χ2v) is 5.35. The van der Waals surface area contributed by atoms with Gasteiger partial charge in [-0.1, -0.05) is 12.1 Å². The molecule has 2 atom stereocenters. The molecule has 2 rings (SSSR count). The quantitative estimate of drug-likeness (QED) is 0.836. The summed E-state index contributed by atoms with van der Waals surface area (Å²) in [7, 11) is 0. The molecule has 1 fully saturated rings. The van der Waals surface area contributed by atoms with Crippen molar-refractivity contribution in [3.05, 3.63) is 35.1 Å². The van der Waals surface area contributed by atoms with Crippen LogP contribution >= 0.6 is 11.8 Å². The zero-order valence-electron chi connectivity index (χ0n) is 8.74. The van der Waals surface area contributed by atoms with E-state index in [9.17, 15) is 9.50 Å². The van der Waals surface area contributed by atoms with Gasteiger partial charge in [0, 0.05) is 5.25 Å². The topological polar surface area (TPSA) is 20.2 Å². The molecule has 3 heteroatoms. The van der Waals surface area contributed by atoms with Gasteiger partial charge in [-0.25, -0.2) is 4.39 Å². The van der Waals surface area contributed by atoms with Crippen LogP contribution < -0.4 is 0 Å². The fourth-order valence-corrected chi connectivity index (χ4v) is 3.23. The number of thioether (sulfide) groups is 1. The van der Waals surface area contributed by atoms with Crippen LogP contribution in [-0.4, -0.2) is 16.1 Å². The van der Waals surface area contributed by atoms with Crippen LogP contribution in [-0.2, 0) is 0 Å². The maximum absolute atomic E-state index is 13.1. The van der Waals surface area contributed by atoms with Crippen LogP contribution in [0.1, 0.15) is 30.1 Å². The number of aryl methyl sites for hydroxylation is 1. The summed E-state index contributed by atoms with van der Waals surface area (Å²) in [6, 6.07) is 4.87. The highest BCUT2D eigenvalue weighted by Crippen LogP contribution is 2.36. The molecule has 82 valence electrons. The first-order valence-corrected chi connectivity index (χ1v) is 6.29. The van der Waals surface area contributed by atoms with Crippen molar-refractivity contribution in [2.45, 2.75) is 31.1 Å². The molecular formula is C12H15FOS. The van der Waals surface area contributed by atoms with Gasteiger partial charge in [-0.2, -0.15) is 11.8 Å². The van der Waals surface area contributed by atoms with Gasteiger partial charge in [0.2, 0.25) is 0 Å². The average molecular weight is 226 g/mol. The van der Waals surface area contributed by atoms with Gasteiger partial charge >= 0.3 is 0 Å². The zero-order valence-corrected chi connectivity index (χ0v) is 9.56. The number of rotatable bonds is 2. The minimum absolute atomic E-state index is 0.204. The Hall–Kier alpha value is -0.540. The Morgan fingerprint density at radius 1 is 1.53 bits per heavy atom. The average Bonchev–Trinajstić information content (AvgIpc) is 2.74. The van der Waals surface area contributed by atoms with E-state index in [4.69, 9.17) is 0 Å². The van der Waals surface area contributed by atoms with Crippen molar-refractivity contribution < 1.29 is 9.50 Å². The third-order valence-corrected chi connectivity index (χ3v) is 4.29. The molecule has 1 saturated heterocycles. The van der Waals surface area contributed by atoms with Crippen LogP contribution in [0.2, 0.25) is 0 Å². The summed E-state index contributed by atoms with van der Waals surface area (Å²) in [4.78, 5) is 0. The van der Waals surface area contributed by atoms with Crippen molar-refractivity contribution in [1.29, 1.82) is 0 Å². The number of hydrogen-bond donors (Lipinski definition) is 1. The second kappa shape index (κ2) is 4.54. The fourth-order valence-electron chi connectivity index (χ4n) is 1.92. The highest BCUT2D eigenvalue weighted by molar-refractivity contribution is 8.00. The first-order valence-electron chi connectivity index (χ1n) is 5.24. The van der Waals surface area contributed by atoms with Crippen molar-refractivity contribution in [2.75, 3.05) is 5.75 Å². The van der Waals surface area contributed by atoms with Gasteiger partial charge in [0.05, 0.1) is 6.10 Å². The Morgan fingerprint density at radius 2 is 2.33 bits per heavy atom. The maximum Gasteiger partial charge on any atom is 0.126 e. The van der Waals surface area contributed by atoms with E-state index in [0.717, 1.165) is 17.7 Å². The van der Waals surface area contributed by atoms with Crippen LogP contribution in [0.5, 0.6) is 0 Å². The van der Waals surface area contributed by atoms with Crippen molar-refractivity contribution in [2.24, 2.45) is 0 Å². The standard InChI is InChI=1S/C12H15FOS/c1-8-7-9(4-5-10(8)13)12(14)11-3-2-6-15-11/h4-5,7,11-12,14H,2-3,6H2,1H3. The Labute approximate surface area is 93.7 Å². The van der Waals surface area contributed by atoms with E-state index in [1.807, 2.05) is 11.8 Å². The molecule has 0 radical (unpaired) electrons. The van der Waals surface area contributed by atoms with E-state index in [2.05, 4.69) is 0 Å². The predicted molar refractivity (Wildman–Crippen MR) is 61.6 cm³/mol. The third-order valence-electron chi connectivity index (χ3n) is 2.84. The molecular weight excluding hydrogens is 211 g/mol. The number of halogens is 1. The Balaban J connectivity index is 2.17. The van der Waals surface area contributed by atoms with Crippen LogP contribution in [0.15, 0.2) is 18.2 Å². The van der Waals surface area contributed by atoms with Gasteiger partial charge in [0.15, 0.2) is 0 Å². The summed E-state index contributed by atoms with van der Waals surface area (Å²) in [5.74, 6) is 0.923. The lowest BCUT2D eigenvalue weighted by atomic mass is 10.0. The third kappa shape index (κ3) is 2.34. The van der Waals surface area contributed by atoms with Crippen molar-refractivity contribution >= 4 is 11.8 Å². The molecule has 1 aromatic carbocycles. The lowest BCUT2D eigenvalue weighted by molar-refractivity contribution is 0.173. The van der Waals surface area contributed by atoms with Gasteiger partial charge in [0.1, 0.15) is 5.82 Å². The van der Waals surface area contributed by atoms with Crippen molar-refractivity contribution in [3.8, 4) is 0 Å². The minimum atomic E-state index is -0.447. The molecule has 1 N–H and O–H groups in total. The highest BCUT2D eigenvalue weighted by atomic mass is 32.2. The van der Waals surface area contributed by atoms with E-state index in [0.29, 0.717) is 5.56 Å². The molecule has 0 amide bonds. The molecule has 2 unspecified atom stereocenters. The zero-order chi connectivity index (χ0) is 10.8. The Bertz CT molecular complexity index is 347. The summed E-state index contributed by atoms with van der Waals surface area (Å²) in [5.41, 5.74) is 1.45. The molecule has 1 aromatic rings. The van der Waals surface area contributed by atoms with Gasteiger partial charge in [-0.15, -0.1) is 0 Å². The number of hydrogen-bond acceptors (Lipinski definition) is 2. The molecule has 1 heterocycles. The summed E-state index contributed by atoms with van der Waals surface area (Å²) in [6.07, 6.45) is 1.78. The number of aliphatic hydroxyl groups excluding tert-OH is 1. The Kier molecular flexibility index (Phi) is 3.32. The predicted octanol–water partition coefficient (Wildman–Crippen LogP) is 3.06. The normalized spacial score (nSPS) is 23.0. The van der Waals surface area contributed by atoms with Crippen LogP contribution in [0.3, 0.4) is 0 Å². The first kappa shape index (κ1) is 11.0. The van der Waals surface area contributed by atoms with Crippen LogP contribution in [0.25, 0.3) is 0 Å². The summed E-state index contributed by atoms with van der Waals surface area (Å²) < 4.78 is 13.1. The largest absolute Gasteiger partial charge is 0.387 e. The molecule has 0 aliphatic carbocycles. The molecule has 0 bridgehead atoms. The molecule has 1 aliphatic rings. The van der Waals surface area contributed by atoms with Gasteiger partial charge < -0.3 is 5.11 Å². The minimum Gasteiger partial charge on any atom is -0.387 e. The first-order chi connectivity index (χ1) is 7.18.